The predicted molar refractivity (Wildman–Crippen MR) is 114 cm³/mol. The largest absolute Gasteiger partial charge is 0.455 e. The summed E-state index contributed by atoms with van der Waals surface area (Å²) in [6, 6.07) is 26.8. The first-order valence-electron chi connectivity index (χ1n) is 8.81. The van der Waals surface area contributed by atoms with Crippen molar-refractivity contribution >= 4 is 59.8 Å². The minimum absolute atomic E-state index is 0.862. The average molecular weight is 413 g/mol. The Morgan fingerprint density at radius 2 is 1.15 bits per heavy atom. The Labute approximate surface area is 163 Å². The maximum atomic E-state index is 6.31. The van der Waals surface area contributed by atoms with Crippen molar-refractivity contribution in [3.05, 3.63) is 83.3 Å². The van der Waals surface area contributed by atoms with E-state index in [4.69, 9.17) is 8.83 Å². The van der Waals surface area contributed by atoms with Crippen LogP contribution in [0.15, 0.2) is 92.2 Å². The first-order chi connectivity index (χ1) is 13.3. The lowest BCUT2D eigenvalue weighted by molar-refractivity contribution is 0.658. The van der Waals surface area contributed by atoms with E-state index in [0.29, 0.717) is 0 Å². The standard InChI is InChI=1S/C24H13BrO2/c25-15-7-5-6-14(12-15)22-23-18(16-8-1-3-10-20(16)26-23)13-19-17-9-2-4-11-21(17)27-24(19)22/h1-13H. The highest BCUT2D eigenvalue weighted by Gasteiger charge is 2.20. The summed E-state index contributed by atoms with van der Waals surface area (Å²) in [6.07, 6.45) is 0. The number of rotatable bonds is 1. The number of halogens is 1. The molecule has 128 valence electrons. The third-order valence-electron chi connectivity index (χ3n) is 5.12. The van der Waals surface area contributed by atoms with Gasteiger partial charge in [0.1, 0.15) is 22.3 Å². The Kier molecular flexibility index (Phi) is 3.06. The molecule has 3 heteroatoms. The molecule has 0 radical (unpaired) electrons. The van der Waals surface area contributed by atoms with E-state index < -0.39 is 0 Å². The van der Waals surface area contributed by atoms with Gasteiger partial charge in [-0.2, -0.15) is 0 Å². The fourth-order valence-electron chi connectivity index (χ4n) is 3.94. The van der Waals surface area contributed by atoms with Crippen LogP contribution in [0.4, 0.5) is 0 Å². The summed E-state index contributed by atoms with van der Waals surface area (Å²) in [7, 11) is 0. The van der Waals surface area contributed by atoms with Gasteiger partial charge in [0.2, 0.25) is 0 Å². The Balaban J connectivity index is 1.90. The molecule has 0 aliphatic rings. The fraction of sp³-hybridized carbons (Fsp3) is 0. The van der Waals surface area contributed by atoms with Crippen molar-refractivity contribution in [3.8, 4) is 11.1 Å². The fourth-order valence-corrected chi connectivity index (χ4v) is 4.34. The van der Waals surface area contributed by atoms with Gasteiger partial charge in [0.25, 0.3) is 0 Å². The van der Waals surface area contributed by atoms with Gasteiger partial charge in [0.15, 0.2) is 0 Å². The summed E-state index contributed by atoms with van der Waals surface area (Å²) >= 11 is 3.60. The van der Waals surface area contributed by atoms with Crippen molar-refractivity contribution in [2.45, 2.75) is 0 Å². The van der Waals surface area contributed by atoms with E-state index in [-0.39, 0.29) is 0 Å². The number of benzene rings is 4. The third-order valence-corrected chi connectivity index (χ3v) is 5.62. The summed E-state index contributed by atoms with van der Waals surface area (Å²) in [5, 5.41) is 4.46. The zero-order chi connectivity index (χ0) is 18.0. The molecule has 0 aliphatic carbocycles. The second-order valence-corrected chi connectivity index (χ2v) is 7.63. The predicted octanol–water partition coefficient (Wildman–Crippen LogP) is 7.91. The van der Waals surface area contributed by atoms with Crippen LogP contribution in [0.3, 0.4) is 0 Å². The van der Waals surface area contributed by atoms with Crippen molar-refractivity contribution in [3.63, 3.8) is 0 Å². The van der Waals surface area contributed by atoms with Crippen LogP contribution in [0, 0.1) is 0 Å². The molecule has 2 nitrogen and oxygen atoms in total. The van der Waals surface area contributed by atoms with Crippen LogP contribution in [0.25, 0.3) is 55.0 Å². The molecule has 0 N–H and O–H groups in total. The highest BCUT2D eigenvalue weighted by Crippen LogP contribution is 2.44. The molecule has 0 saturated carbocycles. The molecule has 0 bridgehead atoms. The molecule has 4 aromatic carbocycles. The minimum Gasteiger partial charge on any atom is -0.455 e. The van der Waals surface area contributed by atoms with E-state index in [1.165, 1.54) is 0 Å². The van der Waals surface area contributed by atoms with Crippen molar-refractivity contribution in [2.75, 3.05) is 0 Å². The second-order valence-electron chi connectivity index (χ2n) is 6.71. The van der Waals surface area contributed by atoms with Crippen LogP contribution < -0.4 is 0 Å². The van der Waals surface area contributed by atoms with Crippen LogP contribution in [-0.2, 0) is 0 Å². The van der Waals surface area contributed by atoms with Gasteiger partial charge in [-0.1, -0.05) is 64.5 Å². The van der Waals surface area contributed by atoms with Crippen LogP contribution in [0.5, 0.6) is 0 Å². The smallest absolute Gasteiger partial charge is 0.147 e. The third kappa shape index (κ3) is 2.12. The first-order valence-corrected chi connectivity index (χ1v) is 9.60. The minimum atomic E-state index is 0.862. The van der Waals surface area contributed by atoms with E-state index in [1.54, 1.807) is 0 Å². The average Bonchev–Trinajstić information content (AvgIpc) is 3.24. The van der Waals surface area contributed by atoms with Crippen molar-refractivity contribution in [2.24, 2.45) is 0 Å². The zero-order valence-corrected chi connectivity index (χ0v) is 15.8. The number of fused-ring (bicyclic) bond motifs is 6. The van der Waals surface area contributed by atoms with Gasteiger partial charge < -0.3 is 8.83 Å². The Morgan fingerprint density at radius 1 is 0.556 bits per heavy atom. The first kappa shape index (κ1) is 15.1. The molecule has 0 unspecified atom stereocenters. The second kappa shape index (κ2) is 5.48. The van der Waals surface area contributed by atoms with Gasteiger partial charge in [0, 0.05) is 26.0 Å². The molecule has 2 aromatic heterocycles. The van der Waals surface area contributed by atoms with Crippen LogP contribution >= 0.6 is 15.9 Å². The molecular formula is C24H13BrO2. The Morgan fingerprint density at radius 3 is 1.74 bits per heavy atom. The molecular weight excluding hydrogens is 400 g/mol. The van der Waals surface area contributed by atoms with Gasteiger partial charge in [-0.25, -0.2) is 0 Å². The molecule has 6 aromatic rings. The zero-order valence-electron chi connectivity index (χ0n) is 14.2. The molecule has 0 atom stereocenters. The summed E-state index contributed by atoms with van der Waals surface area (Å²) in [4.78, 5) is 0. The highest BCUT2D eigenvalue weighted by molar-refractivity contribution is 9.10. The Hall–Kier alpha value is -3.04. The molecule has 6 rings (SSSR count). The van der Waals surface area contributed by atoms with Crippen LogP contribution in [0.2, 0.25) is 0 Å². The van der Waals surface area contributed by atoms with E-state index in [1.807, 2.05) is 48.5 Å². The van der Waals surface area contributed by atoms with Gasteiger partial charge in [0.05, 0.1) is 5.56 Å². The summed E-state index contributed by atoms with van der Waals surface area (Å²) in [5.74, 6) is 0. The van der Waals surface area contributed by atoms with Crippen LogP contribution in [0.1, 0.15) is 0 Å². The van der Waals surface area contributed by atoms with E-state index in [9.17, 15) is 0 Å². The van der Waals surface area contributed by atoms with E-state index in [0.717, 1.165) is 59.5 Å². The van der Waals surface area contributed by atoms with Gasteiger partial charge in [-0.15, -0.1) is 0 Å². The topological polar surface area (TPSA) is 26.3 Å². The summed E-state index contributed by atoms with van der Waals surface area (Å²) in [6.45, 7) is 0. The monoisotopic (exact) mass is 412 g/mol. The quantitative estimate of drug-likeness (QED) is 0.274. The SMILES string of the molecule is Brc1cccc(-c2c3oc4ccccc4c3cc3c2oc2ccccc23)c1. The van der Waals surface area contributed by atoms with Gasteiger partial charge in [-0.3, -0.25) is 0 Å². The number of hydrogen-bond acceptors (Lipinski definition) is 2. The van der Waals surface area contributed by atoms with Crippen molar-refractivity contribution in [1.82, 2.24) is 0 Å². The van der Waals surface area contributed by atoms with E-state index >= 15 is 0 Å². The molecule has 0 aliphatic heterocycles. The normalized spacial score (nSPS) is 11.9. The lowest BCUT2D eigenvalue weighted by atomic mass is 9.98. The molecule has 27 heavy (non-hydrogen) atoms. The lowest BCUT2D eigenvalue weighted by Gasteiger charge is -2.05. The summed E-state index contributed by atoms with van der Waals surface area (Å²) < 4.78 is 13.6. The number of para-hydroxylation sites is 2. The maximum absolute atomic E-state index is 6.31. The maximum Gasteiger partial charge on any atom is 0.147 e. The van der Waals surface area contributed by atoms with Crippen LogP contribution in [-0.4, -0.2) is 0 Å². The Bertz CT molecular complexity index is 1400. The van der Waals surface area contributed by atoms with Crippen molar-refractivity contribution in [1.29, 1.82) is 0 Å². The highest BCUT2D eigenvalue weighted by atomic mass is 79.9. The molecule has 2 heterocycles. The lowest BCUT2D eigenvalue weighted by Crippen LogP contribution is -1.81. The molecule has 0 saturated heterocycles. The van der Waals surface area contributed by atoms with Gasteiger partial charge >= 0.3 is 0 Å². The van der Waals surface area contributed by atoms with Crippen molar-refractivity contribution < 1.29 is 8.83 Å². The number of furan rings is 2. The van der Waals surface area contributed by atoms with E-state index in [2.05, 4.69) is 46.3 Å². The molecule has 0 spiro atoms. The molecule has 0 amide bonds. The number of hydrogen-bond donors (Lipinski definition) is 0. The molecule has 0 fully saturated rings. The summed E-state index contributed by atoms with van der Waals surface area (Å²) in [5.41, 5.74) is 5.57. The van der Waals surface area contributed by atoms with Gasteiger partial charge in [-0.05, 0) is 35.9 Å².